The molecule has 0 saturated carbocycles. The lowest BCUT2D eigenvalue weighted by Crippen LogP contribution is -2.45. The standard InChI is InChI=1S/C20H22O4S/c1-20(23-14-15-8-4-2-5-9-15)13-17-18(12-19(20)24-17)25(21,22)16-10-6-3-7-11-16/h2-11,17-19H,12-14H2,1H3/t17-,18+,19-,20-/m0/s1. The van der Waals surface area contributed by atoms with Gasteiger partial charge < -0.3 is 9.47 Å². The summed E-state index contributed by atoms with van der Waals surface area (Å²) in [6.07, 6.45) is 0.634. The van der Waals surface area contributed by atoms with Crippen LogP contribution in [-0.2, 0) is 25.9 Å². The zero-order valence-electron chi connectivity index (χ0n) is 14.2. The van der Waals surface area contributed by atoms with Gasteiger partial charge in [-0.1, -0.05) is 48.5 Å². The molecule has 5 heteroatoms. The first kappa shape index (κ1) is 16.8. The van der Waals surface area contributed by atoms with Crippen LogP contribution in [0.25, 0.3) is 0 Å². The Morgan fingerprint density at radius 1 is 1.08 bits per heavy atom. The smallest absolute Gasteiger partial charge is 0.183 e. The quantitative estimate of drug-likeness (QED) is 0.822. The van der Waals surface area contributed by atoms with E-state index < -0.39 is 20.7 Å². The monoisotopic (exact) mass is 358 g/mol. The van der Waals surface area contributed by atoms with Crippen LogP contribution in [0.3, 0.4) is 0 Å². The Hall–Kier alpha value is -1.69. The number of sulfone groups is 1. The summed E-state index contributed by atoms with van der Waals surface area (Å²) in [4.78, 5) is 0.378. The summed E-state index contributed by atoms with van der Waals surface area (Å²) < 4.78 is 37.9. The van der Waals surface area contributed by atoms with Gasteiger partial charge in [0.1, 0.15) is 0 Å². The lowest BCUT2D eigenvalue weighted by molar-refractivity contribution is -0.0840. The molecule has 132 valence electrons. The molecule has 0 amide bonds. The van der Waals surface area contributed by atoms with Gasteiger partial charge >= 0.3 is 0 Å². The van der Waals surface area contributed by atoms with Gasteiger partial charge in [-0.25, -0.2) is 8.42 Å². The molecular weight excluding hydrogens is 336 g/mol. The van der Waals surface area contributed by atoms with Gasteiger partial charge in [0.2, 0.25) is 0 Å². The SMILES string of the molecule is C[C@]1(OCc2ccccc2)C[C@@H]2O[C@H]1C[C@H]2S(=O)(=O)c1ccccc1. The van der Waals surface area contributed by atoms with Crippen molar-refractivity contribution in [2.75, 3.05) is 0 Å². The lowest BCUT2D eigenvalue weighted by atomic mass is 9.86. The first-order valence-electron chi connectivity index (χ1n) is 8.61. The molecule has 25 heavy (non-hydrogen) atoms. The van der Waals surface area contributed by atoms with Crippen molar-refractivity contribution < 1.29 is 17.9 Å². The summed E-state index contributed by atoms with van der Waals surface area (Å²) in [5, 5.41) is -0.478. The van der Waals surface area contributed by atoms with Crippen LogP contribution in [0.1, 0.15) is 25.3 Å². The van der Waals surface area contributed by atoms with E-state index in [4.69, 9.17) is 9.47 Å². The lowest BCUT2D eigenvalue weighted by Gasteiger charge is -2.34. The van der Waals surface area contributed by atoms with Crippen LogP contribution in [0.15, 0.2) is 65.6 Å². The molecule has 2 saturated heterocycles. The first-order valence-corrected chi connectivity index (χ1v) is 10.2. The van der Waals surface area contributed by atoms with Gasteiger partial charge in [0.25, 0.3) is 0 Å². The van der Waals surface area contributed by atoms with Crippen LogP contribution in [0.5, 0.6) is 0 Å². The first-order chi connectivity index (χ1) is 12.0. The van der Waals surface area contributed by atoms with Crippen molar-refractivity contribution in [2.45, 2.75) is 54.3 Å². The molecule has 4 nitrogen and oxygen atoms in total. The zero-order valence-corrected chi connectivity index (χ0v) is 15.0. The second-order valence-corrected chi connectivity index (χ2v) is 9.25. The highest BCUT2D eigenvalue weighted by atomic mass is 32.2. The highest BCUT2D eigenvalue weighted by Crippen LogP contribution is 2.47. The van der Waals surface area contributed by atoms with Crippen molar-refractivity contribution in [3.8, 4) is 0 Å². The number of ether oxygens (including phenoxy) is 2. The van der Waals surface area contributed by atoms with Crippen molar-refractivity contribution in [1.82, 2.24) is 0 Å². The highest BCUT2D eigenvalue weighted by Gasteiger charge is 2.58. The van der Waals surface area contributed by atoms with E-state index in [1.807, 2.05) is 43.3 Å². The average molecular weight is 358 g/mol. The summed E-state index contributed by atoms with van der Waals surface area (Å²) in [5.41, 5.74) is 0.684. The third kappa shape index (κ3) is 3.01. The van der Waals surface area contributed by atoms with E-state index in [2.05, 4.69) is 0 Å². The number of hydrogen-bond acceptors (Lipinski definition) is 4. The van der Waals surface area contributed by atoms with Crippen LogP contribution in [0, 0.1) is 0 Å². The molecule has 2 bridgehead atoms. The average Bonchev–Trinajstić information content (AvgIpc) is 3.20. The normalized spacial score (nSPS) is 31.3. The predicted octanol–water partition coefficient (Wildman–Crippen LogP) is 3.37. The van der Waals surface area contributed by atoms with Crippen LogP contribution >= 0.6 is 0 Å². The fourth-order valence-corrected chi connectivity index (χ4v) is 5.78. The Bertz CT molecular complexity index is 835. The Kier molecular flexibility index (Phi) is 4.18. The summed E-state index contributed by atoms with van der Waals surface area (Å²) in [6, 6.07) is 18.7. The molecule has 2 aromatic carbocycles. The third-order valence-corrected chi connectivity index (χ3v) is 7.59. The van der Waals surface area contributed by atoms with Gasteiger partial charge in [-0.05, 0) is 31.0 Å². The highest BCUT2D eigenvalue weighted by molar-refractivity contribution is 7.92. The number of rotatable bonds is 5. The fraction of sp³-hybridized carbons (Fsp3) is 0.400. The fourth-order valence-electron chi connectivity index (χ4n) is 3.91. The van der Waals surface area contributed by atoms with Crippen molar-refractivity contribution in [3.63, 3.8) is 0 Å². The van der Waals surface area contributed by atoms with Gasteiger partial charge in [-0.2, -0.15) is 0 Å². The molecule has 2 aliphatic rings. The summed E-state index contributed by atoms with van der Waals surface area (Å²) in [7, 11) is -3.37. The predicted molar refractivity (Wildman–Crippen MR) is 94.9 cm³/mol. The summed E-state index contributed by atoms with van der Waals surface area (Å²) in [6.45, 7) is 2.55. The Balaban J connectivity index is 1.47. The maximum atomic E-state index is 12.9. The van der Waals surface area contributed by atoms with Gasteiger partial charge in [-0.3, -0.25) is 0 Å². The van der Waals surface area contributed by atoms with Crippen LogP contribution in [-0.4, -0.2) is 31.5 Å². The molecule has 0 radical (unpaired) electrons. The van der Waals surface area contributed by atoms with Gasteiger partial charge in [0.05, 0.1) is 34.6 Å². The van der Waals surface area contributed by atoms with E-state index in [0.29, 0.717) is 24.3 Å². The Morgan fingerprint density at radius 2 is 1.72 bits per heavy atom. The maximum absolute atomic E-state index is 12.9. The molecule has 4 atom stereocenters. The molecule has 4 rings (SSSR count). The van der Waals surface area contributed by atoms with Gasteiger partial charge in [-0.15, -0.1) is 0 Å². The minimum atomic E-state index is -3.37. The molecular formula is C20H22O4S. The minimum absolute atomic E-state index is 0.176. The molecule has 2 aliphatic heterocycles. The van der Waals surface area contributed by atoms with E-state index in [1.165, 1.54) is 0 Å². The molecule has 0 spiro atoms. The van der Waals surface area contributed by atoms with E-state index in [0.717, 1.165) is 5.56 Å². The van der Waals surface area contributed by atoms with E-state index in [9.17, 15) is 8.42 Å². The second kappa shape index (κ2) is 6.24. The molecule has 0 N–H and O–H groups in total. The second-order valence-electron chi connectivity index (χ2n) is 7.09. The van der Waals surface area contributed by atoms with E-state index in [1.54, 1.807) is 24.3 Å². The van der Waals surface area contributed by atoms with Crippen molar-refractivity contribution in [1.29, 1.82) is 0 Å². The number of hydrogen-bond donors (Lipinski definition) is 0. The van der Waals surface area contributed by atoms with Crippen molar-refractivity contribution in [2.24, 2.45) is 0 Å². The molecule has 2 aromatic rings. The van der Waals surface area contributed by atoms with Crippen LogP contribution < -0.4 is 0 Å². The maximum Gasteiger partial charge on any atom is 0.183 e. The number of benzene rings is 2. The minimum Gasteiger partial charge on any atom is -0.370 e. The largest absolute Gasteiger partial charge is 0.370 e. The topological polar surface area (TPSA) is 52.6 Å². The van der Waals surface area contributed by atoms with Crippen molar-refractivity contribution in [3.05, 3.63) is 66.2 Å². The molecule has 0 aromatic heterocycles. The van der Waals surface area contributed by atoms with Crippen LogP contribution in [0.4, 0.5) is 0 Å². The van der Waals surface area contributed by atoms with E-state index in [-0.39, 0.29) is 12.2 Å². The Morgan fingerprint density at radius 3 is 2.32 bits per heavy atom. The third-order valence-electron chi connectivity index (χ3n) is 5.37. The Labute approximate surface area is 148 Å². The number of fused-ring (bicyclic) bond motifs is 2. The zero-order chi connectivity index (χ0) is 17.5. The molecule has 2 fully saturated rings. The molecule has 0 aliphatic carbocycles. The van der Waals surface area contributed by atoms with Crippen molar-refractivity contribution >= 4 is 9.84 Å². The van der Waals surface area contributed by atoms with Gasteiger partial charge in [0.15, 0.2) is 9.84 Å². The van der Waals surface area contributed by atoms with Crippen LogP contribution in [0.2, 0.25) is 0 Å². The molecule has 2 heterocycles. The van der Waals surface area contributed by atoms with Gasteiger partial charge in [0, 0.05) is 6.42 Å². The summed E-state index contributed by atoms with van der Waals surface area (Å²) >= 11 is 0. The summed E-state index contributed by atoms with van der Waals surface area (Å²) in [5.74, 6) is 0. The molecule has 0 unspecified atom stereocenters. The van der Waals surface area contributed by atoms with E-state index >= 15 is 0 Å².